The molecule has 0 unspecified atom stereocenters. The van der Waals surface area contributed by atoms with Gasteiger partial charge in [0.2, 0.25) is 0 Å². The van der Waals surface area contributed by atoms with Gasteiger partial charge in [-0.15, -0.1) is 0 Å². The van der Waals surface area contributed by atoms with Crippen molar-refractivity contribution >= 4 is 23.6 Å². The minimum absolute atomic E-state index is 0. The van der Waals surface area contributed by atoms with Crippen LogP contribution in [0, 0.1) is 0 Å². The lowest BCUT2D eigenvalue weighted by molar-refractivity contribution is -0.136. The van der Waals surface area contributed by atoms with Gasteiger partial charge in [-0.1, -0.05) is 14.9 Å². The summed E-state index contributed by atoms with van der Waals surface area (Å²) in [5.41, 5.74) is 0. The summed E-state index contributed by atoms with van der Waals surface area (Å²) in [4.78, 5) is 43.7. The van der Waals surface area contributed by atoms with Crippen LogP contribution < -0.4 is 0 Å². The van der Waals surface area contributed by atoms with E-state index < -0.39 is 0 Å². The number of carbonyl (C=O) groups is 4. The fraction of sp³-hybridized carbons (Fsp3) is 0.333. The van der Waals surface area contributed by atoms with E-state index in [0.29, 0.717) is 0 Å². The van der Waals surface area contributed by atoms with Crippen molar-refractivity contribution in [1.29, 1.82) is 0 Å². The molecule has 0 aromatic rings. The van der Waals surface area contributed by atoms with Gasteiger partial charge >= 0.3 is 0 Å². The molecule has 4 amide bonds. The Labute approximate surface area is 107 Å². The average molecular weight is 254 g/mol. The zero-order valence-corrected chi connectivity index (χ0v) is 8.84. The molecule has 0 saturated carbocycles. The quantitative estimate of drug-likeness (QED) is 0.585. The molecule has 0 aromatic heterocycles. The van der Waals surface area contributed by atoms with Gasteiger partial charge in [-0.25, -0.2) is 0 Å². The van der Waals surface area contributed by atoms with Gasteiger partial charge < -0.3 is 0 Å². The van der Waals surface area contributed by atoms with Crippen LogP contribution in [0.25, 0.3) is 0 Å². The molecule has 2 rings (SSSR count). The smallest absolute Gasteiger partial charge is 0.253 e. The van der Waals surface area contributed by atoms with Crippen LogP contribution in [0.1, 0.15) is 14.9 Å². The second-order valence-corrected chi connectivity index (χ2v) is 3.14. The molecule has 0 spiro atoms. The topological polar surface area (TPSA) is 74.8 Å². The Kier molecular flexibility index (Phi) is 7.21. The molecular weight excluding hydrogens is 236 g/mol. The van der Waals surface area contributed by atoms with E-state index in [4.69, 9.17) is 0 Å². The molecule has 0 radical (unpaired) electrons. The van der Waals surface area contributed by atoms with Crippen LogP contribution in [0.2, 0.25) is 0 Å². The maximum atomic E-state index is 10.4. The Hall–Kier alpha value is -2.24. The summed E-state index contributed by atoms with van der Waals surface area (Å²) in [6.45, 7) is 0. The molecular formula is C12H18N2O4. The first kappa shape index (κ1) is 18.1. The number of amides is 4. The van der Waals surface area contributed by atoms with Gasteiger partial charge in [0.1, 0.15) is 0 Å². The summed E-state index contributed by atoms with van der Waals surface area (Å²) in [5.74, 6) is -0.963. The highest BCUT2D eigenvalue weighted by atomic mass is 16.2. The number of hydrogen-bond donors (Lipinski definition) is 0. The number of rotatable bonds is 0. The highest BCUT2D eigenvalue weighted by Crippen LogP contribution is 1.97. The molecule has 0 atom stereocenters. The zero-order valence-electron chi connectivity index (χ0n) is 8.84. The van der Waals surface area contributed by atoms with Crippen molar-refractivity contribution in [3.63, 3.8) is 0 Å². The Bertz CT molecular complexity index is 348. The van der Waals surface area contributed by atoms with Gasteiger partial charge in [-0.3, -0.25) is 29.0 Å². The fourth-order valence-corrected chi connectivity index (χ4v) is 0.950. The number of carbonyl (C=O) groups excluding carboxylic acids is 4. The Morgan fingerprint density at radius 3 is 0.833 bits per heavy atom. The van der Waals surface area contributed by atoms with Gasteiger partial charge in [-0.2, -0.15) is 0 Å². The van der Waals surface area contributed by atoms with E-state index in [2.05, 4.69) is 0 Å². The molecule has 6 nitrogen and oxygen atoms in total. The molecule has 0 N–H and O–H groups in total. The van der Waals surface area contributed by atoms with E-state index in [1.165, 1.54) is 38.4 Å². The van der Waals surface area contributed by atoms with Crippen LogP contribution in [-0.2, 0) is 19.2 Å². The van der Waals surface area contributed by atoms with Gasteiger partial charge in [0.05, 0.1) is 0 Å². The van der Waals surface area contributed by atoms with Crippen LogP contribution in [0.3, 0.4) is 0 Å². The van der Waals surface area contributed by atoms with E-state index in [1.807, 2.05) is 0 Å². The second-order valence-electron chi connectivity index (χ2n) is 3.14. The third kappa shape index (κ3) is 3.97. The van der Waals surface area contributed by atoms with Gasteiger partial charge in [0, 0.05) is 38.4 Å². The monoisotopic (exact) mass is 254 g/mol. The lowest BCUT2D eigenvalue weighted by Gasteiger charge is -2.01. The maximum Gasteiger partial charge on any atom is 0.253 e. The summed E-state index contributed by atoms with van der Waals surface area (Å²) in [6, 6.07) is 0. The first-order valence-electron chi connectivity index (χ1n) is 4.43. The third-order valence-electron chi connectivity index (χ3n) is 2.06. The van der Waals surface area contributed by atoms with E-state index in [9.17, 15) is 19.2 Å². The van der Waals surface area contributed by atoms with E-state index in [1.54, 1.807) is 0 Å². The van der Waals surface area contributed by atoms with Crippen LogP contribution in [0.4, 0.5) is 0 Å². The Balaban J connectivity index is 0. The molecule has 2 aliphatic rings. The molecule has 0 bridgehead atoms. The fourth-order valence-electron chi connectivity index (χ4n) is 0.950. The number of likely N-dealkylation sites (N-methyl/N-ethyl adjacent to an activating group) is 2. The minimum atomic E-state index is -0.241. The molecule has 0 saturated heterocycles. The van der Waals surface area contributed by atoms with E-state index >= 15 is 0 Å². The van der Waals surface area contributed by atoms with Gasteiger partial charge in [0.15, 0.2) is 0 Å². The SMILES string of the molecule is C.C.CN1C(=O)C=CC1=O.CN1C(=O)C=CC1=O. The average Bonchev–Trinajstić information content (AvgIpc) is 2.70. The first-order valence-corrected chi connectivity index (χ1v) is 4.43. The molecule has 0 aliphatic carbocycles. The van der Waals surface area contributed by atoms with Gasteiger partial charge in [-0.05, 0) is 0 Å². The second kappa shape index (κ2) is 7.16. The van der Waals surface area contributed by atoms with Crippen LogP contribution in [-0.4, -0.2) is 47.5 Å². The third-order valence-corrected chi connectivity index (χ3v) is 2.06. The van der Waals surface area contributed by atoms with E-state index in [0.717, 1.165) is 9.80 Å². The van der Waals surface area contributed by atoms with Crippen LogP contribution >= 0.6 is 0 Å². The van der Waals surface area contributed by atoms with Crippen LogP contribution in [0.15, 0.2) is 24.3 Å². The highest BCUT2D eigenvalue weighted by molar-refractivity contribution is 6.13. The molecule has 2 heterocycles. The largest absolute Gasteiger partial charge is 0.279 e. The first-order chi connectivity index (χ1) is 7.43. The molecule has 100 valence electrons. The summed E-state index contributed by atoms with van der Waals surface area (Å²) >= 11 is 0. The molecule has 18 heavy (non-hydrogen) atoms. The van der Waals surface area contributed by atoms with Crippen molar-refractivity contribution in [3.05, 3.63) is 24.3 Å². The summed E-state index contributed by atoms with van der Waals surface area (Å²) in [5, 5.41) is 0. The Morgan fingerprint density at radius 2 is 0.778 bits per heavy atom. The van der Waals surface area contributed by atoms with Crippen molar-refractivity contribution in [1.82, 2.24) is 9.80 Å². The predicted octanol–water partition coefficient (Wildman–Crippen LogP) is 0.355. The van der Waals surface area contributed by atoms with E-state index in [-0.39, 0.29) is 38.5 Å². The number of nitrogens with zero attached hydrogens (tertiary/aromatic N) is 2. The molecule has 6 heteroatoms. The van der Waals surface area contributed by atoms with Crippen molar-refractivity contribution in [2.45, 2.75) is 14.9 Å². The normalized spacial score (nSPS) is 16.3. The van der Waals surface area contributed by atoms with Gasteiger partial charge in [0.25, 0.3) is 23.6 Å². The predicted molar refractivity (Wildman–Crippen MR) is 67.3 cm³/mol. The van der Waals surface area contributed by atoms with Crippen molar-refractivity contribution in [2.24, 2.45) is 0 Å². The maximum absolute atomic E-state index is 10.4. The number of hydrogen-bond acceptors (Lipinski definition) is 4. The lowest BCUT2D eigenvalue weighted by Crippen LogP contribution is -2.24. The van der Waals surface area contributed by atoms with Crippen molar-refractivity contribution in [2.75, 3.05) is 14.1 Å². The van der Waals surface area contributed by atoms with Crippen LogP contribution in [0.5, 0.6) is 0 Å². The van der Waals surface area contributed by atoms with Crippen molar-refractivity contribution in [3.8, 4) is 0 Å². The lowest BCUT2D eigenvalue weighted by atomic mass is 10.6. The summed E-state index contributed by atoms with van der Waals surface area (Å²) < 4.78 is 0. The number of imide groups is 2. The zero-order chi connectivity index (χ0) is 12.3. The minimum Gasteiger partial charge on any atom is -0.279 e. The summed E-state index contributed by atoms with van der Waals surface area (Å²) in [6.07, 6.45) is 5.01. The Morgan fingerprint density at radius 1 is 0.611 bits per heavy atom. The molecule has 0 fully saturated rings. The molecule has 0 aromatic carbocycles. The van der Waals surface area contributed by atoms with Crippen molar-refractivity contribution < 1.29 is 19.2 Å². The standard InChI is InChI=1S/2C5H5NO2.2CH4/c2*1-6-4(7)2-3-5(6)8;;/h2*2-3H,1H3;2*1H4. The highest BCUT2D eigenvalue weighted by Gasteiger charge is 2.17. The molecule has 2 aliphatic heterocycles. The summed E-state index contributed by atoms with van der Waals surface area (Å²) in [7, 11) is 2.90.